The molecule has 1 aliphatic heterocycles. The van der Waals surface area contributed by atoms with Crippen molar-refractivity contribution < 1.29 is 14.3 Å². The molecule has 0 saturated carbocycles. The third-order valence-electron chi connectivity index (χ3n) is 6.13. The van der Waals surface area contributed by atoms with Crippen molar-refractivity contribution in [2.75, 3.05) is 30.4 Å². The molecule has 1 aromatic carbocycles. The van der Waals surface area contributed by atoms with Crippen LogP contribution in [0.2, 0.25) is 0 Å². The SMILES string of the molecule is COC(=O)c1cccc(NC(=O)C2CCc3nc(N4CCC(C)CC4)ncc3C2)c1. The number of aryl methyl sites for hydroxylation is 1. The maximum Gasteiger partial charge on any atom is 0.337 e. The number of piperidine rings is 1. The number of benzene rings is 1. The molecule has 1 atom stereocenters. The highest BCUT2D eigenvalue weighted by Gasteiger charge is 2.27. The van der Waals surface area contributed by atoms with Crippen molar-refractivity contribution in [2.24, 2.45) is 11.8 Å². The second-order valence-corrected chi connectivity index (χ2v) is 8.31. The summed E-state index contributed by atoms with van der Waals surface area (Å²) in [4.78, 5) is 36.2. The van der Waals surface area contributed by atoms with Crippen molar-refractivity contribution in [1.29, 1.82) is 0 Å². The number of esters is 1. The molecule has 2 aliphatic rings. The zero-order valence-corrected chi connectivity index (χ0v) is 17.6. The van der Waals surface area contributed by atoms with Crippen LogP contribution in [0.25, 0.3) is 0 Å². The summed E-state index contributed by atoms with van der Waals surface area (Å²) in [5.41, 5.74) is 3.13. The van der Waals surface area contributed by atoms with E-state index in [0.717, 1.165) is 49.1 Å². The van der Waals surface area contributed by atoms with E-state index in [1.54, 1.807) is 24.3 Å². The molecule has 1 amide bonds. The Morgan fingerprint density at radius 1 is 1.20 bits per heavy atom. The molecule has 30 heavy (non-hydrogen) atoms. The number of nitrogens with zero attached hydrogens (tertiary/aromatic N) is 3. The molecular formula is C23H28N4O3. The zero-order chi connectivity index (χ0) is 21.1. The maximum atomic E-state index is 12.8. The lowest BCUT2D eigenvalue weighted by Gasteiger charge is -2.31. The summed E-state index contributed by atoms with van der Waals surface area (Å²) >= 11 is 0. The van der Waals surface area contributed by atoms with Crippen LogP contribution in [0, 0.1) is 11.8 Å². The minimum absolute atomic E-state index is 0.0447. The third kappa shape index (κ3) is 4.45. The monoisotopic (exact) mass is 408 g/mol. The number of amides is 1. The summed E-state index contributed by atoms with van der Waals surface area (Å²) in [5, 5.41) is 2.93. The van der Waals surface area contributed by atoms with Crippen LogP contribution in [0.15, 0.2) is 30.5 Å². The van der Waals surface area contributed by atoms with Crippen LogP contribution in [0.3, 0.4) is 0 Å². The third-order valence-corrected chi connectivity index (χ3v) is 6.13. The van der Waals surface area contributed by atoms with Gasteiger partial charge in [-0.1, -0.05) is 13.0 Å². The first kappa shape index (κ1) is 20.3. The number of methoxy groups -OCH3 is 1. The van der Waals surface area contributed by atoms with E-state index in [2.05, 4.69) is 22.1 Å². The average molecular weight is 409 g/mol. The van der Waals surface area contributed by atoms with Gasteiger partial charge in [0.05, 0.1) is 12.7 Å². The second-order valence-electron chi connectivity index (χ2n) is 8.31. The molecule has 0 bridgehead atoms. The van der Waals surface area contributed by atoms with Crippen molar-refractivity contribution >= 4 is 23.5 Å². The lowest BCUT2D eigenvalue weighted by Crippen LogP contribution is -2.35. The summed E-state index contributed by atoms with van der Waals surface area (Å²) in [6, 6.07) is 6.80. The minimum atomic E-state index is -0.422. The smallest absolute Gasteiger partial charge is 0.337 e. The van der Waals surface area contributed by atoms with Gasteiger partial charge in [-0.3, -0.25) is 4.79 Å². The first-order chi connectivity index (χ1) is 14.5. The van der Waals surface area contributed by atoms with Crippen LogP contribution in [0.1, 0.15) is 47.8 Å². The van der Waals surface area contributed by atoms with Crippen molar-refractivity contribution in [3.8, 4) is 0 Å². The molecule has 1 aliphatic carbocycles. The van der Waals surface area contributed by atoms with E-state index in [-0.39, 0.29) is 11.8 Å². The zero-order valence-electron chi connectivity index (χ0n) is 17.6. The molecule has 1 unspecified atom stereocenters. The van der Waals surface area contributed by atoms with E-state index < -0.39 is 5.97 Å². The quantitative estimate of drug-likeness (QED) is 0.782. The highest BCUT2D eigenvalue weighted by atomic mass is 16.5. The van der Waals surface area contributed by atoms with Gasteiger partial charge >= 0.3 is 5.97 Å². The Balaban J connectivity index is 1.40. The Bertz CT molecular complexity index is 938. The lowest BCUT2D eigenvalue weighted by atomic mass is 9.86. The van der Waals surface area contributed by atoms with Crippen LogP contribution >= 0.6 is 0 Å². The van der Waals surface area contributed by atoms with Gasteiger partial charge in [0.15, 0.2) is 0 Å². The molecule has 2 aromatic rings. The fraction of sp³-hybridized carbons (Fsp3) is 0.478. The average Bonchev–Trinajstić information content (AvgIpc) is 2.78. The Hall–Kier alpha value is -2.96. The van der Waals surface area contributed by atoms with Crippen LogP contribution in [0.4, 0.5) is 11.6 Å². The van der Waals surface area contributed by atoms with E-state index in [1.807, 2.05) is 6.20 Å². The van der Waals surface area contributed by atoms with E-state index >= 15 is 0 Å². The molecule has 4 rings (SSSR count). The Morgan fingerprint density at radius 2 is 2.00 bits per heavy atom. The van der Waals surface area contributed by atoms with Crippen molar-refractivity contribution in [2.45, 2.75) is 39.0 Å². The molecule has 0 spiro atoms. The summed E-state index contributed by atoms with van der Waals surface area (Å²) in [6.07, 6.45) is 6.42. The number of hydrogen-bond acceptors (Lipinski definition) is 6. The van der Waals surface area contributed by atoms with Gasteiger partial charge in [0.1, 0.15) is 0 Å². The first-order valence-electron chi connectivity index (χ1n) is 10.6. The highest BCUT2D eigenvalue weighted by Crippen LogP contribution is 2.28. The van der Waals surface area contributed by atoms with Gasteiger partial charge in [0, 0.05) is 36.6 Å². The van der Waals surface area contributed by atoms with Crippen molar-refractivity contribution in [3.05, 3.63) is 47.3 Å². The first-order valence-corrected chi connectivity index (χ1v) is 10.6. The van der Waals surface area contributed by atoms with Crippen LogP contribution in [0.5, 0.6) is 0 Å². The maximum absolute atomic E-state index is 12.8. The predicted molar refractivity (Wildman–Crippen MR) is 115 cm³/mol. The number of ether oxygens (including phenoxy) is 1. The van der Waals surface area contributed by atoms with Crippen molar-refractivity contribution in [1.82, 2.24) is 9.97 Å². The lowest BCUT2D eigenvalue weighted by molar-refractivity contribution is -0.120. The molecule has 0 radical (unpaired) electrons. The highest BCUT2D eigenvalue weighted by molar-refractivity contribution is 5.95. The Labute approximate surface area is 176 Å². The normalized spacial score (nSPS) is 19.1. The molecular weight excluding hydrogens is 380 g/mol. The van der Waals surface area contributed by atoms with Gasteiger partial charge in [-0.15, -0.1) is 0 Å². The number of rotatable bonds is 4. The van der Waals surface area contributed by atoms with Gasteiger partial charge in [-0.05, 0) is 61.8 Å². The molecule has 1 saturated heterocycles. The largest absolute Gasteiger partial charge is 0.465 e. The van der Waals surface area contributed by atoms with E-state index in [9.17, 15) is 9.59 Å². The Morgan fingerprint density at radius 3 is 2.77 bits per heavy atom. The van der Waals surface area contributed by atoms with Gasteiger partial charge in [0.25, 0.3) is 0 Å². The van der Waals surface area contributed by atoms with Crippen molar-refractivity contribution in [3.63, 3.8) is 0 Å². The number of carbonyl (C=O) groups is 2. The number of nitrogens with one attached hydrogen (secondary N) is 1. The van der Waals surface area contributed by atoms with Gasteiger partial charge in [-0.25, -0.2) is 14.8 Å². The summed E-state index contributed by atoms with van der Waals surface area (Å²) in [6.45, 7) is 4.31. The number of aromatic nitrogens is 2. The molecule has 7 nitrogen and oxygen atoms in total. The summed E-state index contributed by atoms with van der Waals surface area (Å²) in [7, 11) is 1.34. The van der Waals surface area contributed by atoms with Crippen LogP contribution in [-0.2, 0) is 22.4 Å². The summed E-state index contributed by atoms with van der Waals surface area (Å²) in [5.74, 6) is 0.991. The molecule has 7 heteroatoms. The fourth-order valence-electron chi connectivity index (χ4n) is 4.17. The topological polar surface area (TPSA) is 84.4 Å². The van der Waals surface area contributed by atoms with E-state index in [4.69, 9.17) is 9.72 Å². The molecule has 1 N–H and O–H groups in total. The number of anilines is 2. The molecule has 1 fully saturated rings. The molecule has 1 aromatic heterocycles. The van der Waals surface area contributed by atoms with Gasteiger partial charge in [-0.2, -0.15) is 0 Å². The standard InChI is InChI=1S/C23H28N4O3/c1-15-8-10-27(11-9-15)23-24-14-18-12-16(6-7-20(18)26-23)21(28)25-19-5-3-4-17(13-19)22(29)30-2/h3-5,13-16H,6-12H2,1-2H3,(H,25,28). The van der Waals surface area contributed by atoms with E-state index in [0.29, 0.717) is 17.7 Å². The van der Waals surface area contributed by atoms with Crippen LogP contribution < -0.4 is 10.2 Å². The number of hydrogen-bond donors (Lipinski definition) is 1. The number of fused-ring (bicyclic) bond motifs is 1. The van der Waals surface area contributed by atoms with Gasteiger partial charge in [0.2, 0.25) is 11.9 Å². The molecule has 158 valence electrons. The number of carbonyl (C=O) groups excluding carboxylic acids is 2. The van der Waals surface area contributed by atoms with Gasteiger partial charge < -0.3 is 15.0 Å². The van der Waals surface area contributed by atoms with E-state index in [1.165, 1.54) is 20.0 Å². The Kier molecular flexibility index (Phi) is 5.97. The second kappa shape index (κ2) is 8.81. The molecule has 2 heterocycles. The summed E-state index contributed by atoms with van der Waals surface area (Å²) < 4.78 is 4.74. The van der Waals surface area contributed by atoms with Crippen LogP contribution in [-0.4, -0.2) is 42.0 Å². The fourth-order valence-corrected chi connectivity index (χ4v) is 4.17. The minimum Gasteiger partial charge on any atom is -0.465 e. The predicted octanol–water partition coefficient (Wildman–Crippen LogP) is 3.24.